The van der Waals surface area contributed by atoms with E-state index in [4.69, 9.17) is 9.47 Å². The summed E-state index contributed by atoms with van der Waals surface area (Å²) < 4.78 is 15.4. The van der Waals surface area contributed by atoms with Crippen LogP contribution in [0.15, 0.2) is 69.8 Å². The Hall–Kier alpha value is -0.990. The number of hydrogen-bond acceptors (Lipinski definition) is 4. The first-order valence-electron chi connectivity index (χ1n) is 9.45. The van der Waals surface area contributed by atoms with Crippen molar-refractivity contribution in [2.24, 2.45) is 4.99 Å². The highest BCUT2D eigenvalue weighted by Gasteiger charge is 2.24. The van der Waals surface area contributed by atoms with Crippen molar-refractivity contribution in [3.8, 4) is 5.75 Å². The Labute approximate surface area is 235 Å². The van der Waals surface area contributed by atoms with Gasteiger partial charge in [0.2, 0.25) is 5.90 Å². The number of nitrogens with zero attached hydrogens (tertiary/aromatic N) is 1. The highest BCUT2D eigenvalue weighted by Crippen LogP contribution is 2.31. The predicted octanol–water partition coefficient (Wildman–Crippen LogP) is 7.49. The molecule has 8 heteroatoms. The summed E-state index contributed by atoms with van der Waals surface area (Å²) in [7, 11) is 0. The number of aryl methyl sites for hydroxylation is 1. The van der Waals surface area contributed by atoms with E-state index >= 15 is 0 Å². The van der Waals surface area contributed by atoms with E-state index in [-0.39, 0.29) is 5.70 Å². The minimum Gasteiger partial charge on any atom is -0.487 e. The van der Waals surface area contributed by atoms with Crippen molar-refractivity contribution >= 4 is 102 Å². The maximum Gasteiger partial charge on any atom is 0.363 e. The molecule has 0 saturated heterocycles. The van der Waals surface area contributed by atoms with E-state index < -0.39 is 5.97 Å². The molecule has 32 heavy (non-hydrogen) atoms. The third-order valence-electron chi connectivity index (χ3n) is 4.61. The molecule has 3 aromatic carbocycles. The molecule has 1 aliphatic heterocycles. The minimum absolute atomic E-state index is 0.273. The smallest absolute Gasteiger partial charge is 0.363 e. The van der Waals surface area contributed by atoms with Crippen molar-refractivity contribution in [3.05, 3.63) is 97.7 Å². The molecule has 0 spiro atoms. The second-order valence-corrected chi connectivity index (χ2v) is 11.4. The quantitative estimate of drug-likeness (QED) is 0.152. The van der Waals surface area contributed by atoms with Gasteiger partial charge in [0.25, 0.3) is 0 Å². The van der Waals surface area contributed by atoms with Gasteiger partial charge in [0.05, 0.1) is 7.14 Å². The summed E-state index contributed by atoms with van der Waals surface area (Å²) >= 11 is 10.2. The van der Waals surface area contributed by atoms with E-state index in [1.165, 1.54) is 5.56 Å². The molecular formula is C24H15BrI3NO3. The zero-order valence-electron chi connectivity index (χ0n) is 16.7. The van der Waals surface area contributed by atoms with Gasteiger partial charge in [0.1, 0.15) is 12.4 Å². The van der Waals surface area contributed by atoms with Crippen LogP contribution in [-0.2, 0) is 16.1 Å². The van der Waals surface area contributed by atoms with E-state index in [1.807, 2.05) is 30.3 Å². The van der Waals surface area contributed by atoms with Crippen molar-refractivity contribution < 1.29 is 14.3 Å². The molecule has 0 unspecified atom stereocenters. The van der Waals surface area contributed by atoms with Gasteiger partial charge in [-0.25, -0.2) is 9.79 Å². The van der Waals surface area contributed by atoms with Crippen LogP contribution < -0.4 is 4.74 Å². The predicted molar refractivity (Wildman–Crippen MR) is 155 cm³/mol. The van der Waals surface area contributed by atoms with Crippen molar-refractivity contribution in [2.75, 3.05) is 0 Å². The first-order chi connectivity index (χ1) is 15.3. The Morgan fingerprint density at radius 2 is 1.69 bits per heavy atom. The molecule has 162 valence electrons. The molecule has 1 heterocycles. The number of ether oxygens (including phenoxy) is 2. The average molecular weight is 826 g/mol. The number of hydrogen-bond donors (Lipinski definition) is 0. The van der Waals surface area contributed by atoms with Gasteiger partial charge >= 0.3 is 5.97 Å². The maximum absolute atomic E-state index is 12.4. The van der Waals surface area contributed by atoms with Crippen molar-refractivity contribution in [3.63, 3.8) is 0 Å². The second-order valence-electron chi connectivity index (χ2n) is 7.05. The van der Waals surface area contributed by atoms with Crippen LogP contribution in [0.3, 0.4) is 0 Å². The molecule has 4 rings (SSSR count). The molecule has 0 aromatic heterocycles. The van der Waals surface area contributed by atoms with Gasteiger partial charge in [0, 0.05) is 13.6 Å². The average Bonchev–Trinajstić information content (AvgIpc) is 3.11. The van der Waals surface area contributed by atoms with Crippen LogP contribution in [0.25, 0.3) is 6.08 Å². The molecular weight excluding hydrogens is 811 g/mol. The number of rotatable bonds is 5. The van der Waals surface area contributed by atoms with E-state index in [1.54, 1.807) is 6.08 Å². The lowest BCUT2D eigenvalue weighted by molar-refractivity contribution is -0.129. The molecule has 3 aromatic rings. The minimum atomic E-state index is -0.459. The standard InChI is InChI=1S/C24H15BrI3NO3/c1-13-2-4-14(5-3-13)12-31-22-19(27)8-15(9-20(22)28)10-21-24(30)32-23(29-21)16-6-7-18(26)17(25)11-16/h2-11H,12H2,1H3/b21-10-. The monoisotopic (exact) mass is 825 g/mol. The summed E-state index contributed by atoms with van der Waals surface area (Å²) in [4.78, 5) is 16.8. The number of esters is 1. The molecule has 4 nitrogen and oxygen atoms in total. The fourth-order valence-corrected chi connectivity index (χ4v) is 5.80. The summed E-state index contributed by atoms with van der Waals surface area (Å²) in [5, 5.41) is 0. The van der Waals surface area contributed by atoms with Crippen LogP contribution in [0.4, 0.5) is 0 Å². The molecule has 0 saturated carbocycles. The Balaban J connectivity index is 1.55. The molecule has 0 amide bonds. The molecule has 0 radical (unpaired) electrons. The van der Waals surface area contributed by atoms with Crippen molar-refractivity contribution in [1.82, 2.24) is 0 Å². The molecule has 0 bridgehead atoms. The van der Waals surface area contributed by atoms with Gasteiger partial charge in [-0.1, -0.05) is 29.8 Å². The highest BCUT2D eigenvalue weighted by molar-refractivity contribution is 14.1. The lowest BCUT2D eigenvalue weighted by Gasteiger charge is -2.12. The molecule has 0 N–H and O–H groups in total. The summed E-state index contributed by atoms with van der Waals surface area (Å²) in [6, 6.07) is 18.0. The fraction of sp³-hybridized carbons (Fsp3) is 0.0833. The Kier molecular flexibility index (Phi) is 7.93. The van der Waals surface area contributed by atoms with Gasteiger partial charge in [-0.3, -0.25) is 0 Å². The van der Waals surface area contributed by atoms with Gasteiger partial charge in [-0.05, 0) is 138 Å². The zero-order valence-corrected chi connectivity index (χ0v) is 24.7. The third-order valence-corrected chi connectivity index (χ3v) is 8.56. The van der Waals surface area contributed by atoms with E-state index in [0.717, 1.165) is 37.6 Å². The van der Waals surface area contributed by atoms with Crippen LogP contribution >= 0.6 is 83.7 Å². The lowest BCUT2D eigenvalue weighted by atomic mass is 10.1. The number of halogens is 4. The topological polar surface area (TPSA) is 47.9 Å². The molecule has 0 atom stereocenters. The number of benzene rings is 3. The Morgan fingerprint density at radius 3 is 2.34 bits per heavy atom. The van der Waals surface area contributed by atoms with Crippen LogP contribution in [0, 0.1) is 17.6 Å². The Bertz CT molecular complexity index is 1250. The Morgan fingerprint density at radius 1 is 1.00 bits per heavy atom. The highest BCUT2D eigenvalue weighted by atomic mass is 127. The normalized spacial score (nSPS) is 14.5. The van der Waals surface area contributed by atoms with Crippen LogP contribution in [0.1, 0.15) is 22.3 Å². The summed E-state index contributed by atoms with van der Waals surface area (Å²) in [5.74, 6) is 0.677. The summed E-state index contributed by atoms with van der Waals surface area (Å²) in [5.41, 5.74) is 4.22. The summed E-state index contributed by atoms with van der Waals surface area (Å²) in [6.07, 6.45) is 1.74. The van der Waals surface area contributed by atoms with E-state index in [2.05, 4.69) is 120 Å². The number of carbonyl (C=O) groups is 1. The third kappa shape index (κ3) is 5.73. The maximum atomic E-state index is 12.4. The van der Waals surface area contributed by atoms with E-state index in [9.17, 15) is 4.79 Å². The van der Waals surface area contributed by atoms with Gasteiger partial charge in [-0.15, -0.1) is 0 Å². The first-order valence-corrected chi connectivity index (χ1v) is 13.5. The van der Waals surface area contributed by atoms with Crippen molar-refractivity contribution in [2.45, 2.75) is 13.5 Å². The molecule has 0 fully saturated rings. The second kappa shape index (κ2) is 10.5. The number of carbonyl (C=O) groups excluding carboxylic acids is 1. The van der Waals surface area contributed by atoms with Crippen LogP contribution in [-0.4, -0.2) is 11.9 Å². The molecule has 0 aliphatic carbocycles. The van der Waals surface area contributed by atoms with E-state index in [0.29, 0.717) is 12.5 Å². The largest absolute Gasteiger partial charge is 0.487 e. The van der Waals surface area contributed by atoms with Crippen molar-refractivity contribution in [1.29, 1.82) is 0 Å². The molecule has 1 aliphatic rings. The van der Waals surface area contributed by atoms with Crippen LogP contribution in [0.2, 0.25) is 0 Å². The first kappa shape index (κ1) is 24.1. The fourth-order valence-electron chi connectivity index (χ4n) is 2.96. The SMILES string of the molecule is Cc1ccc(COc2c(I)cc(/C=C3\N=C(c4ccc(I)c(Br)c4)OC3=O)cc2I)cc1. The lowest BCUT2D eigenvalue weighted by Crippen LogP contribution is -2.05. The van der Waals surface area contributed by atoms with Gasteiger partial charge < -0.3 is 9.47 Å². The van der Waals surface area contributed by atoms with Crippen LogP contribution in [0.5, 0.6) is 5.75 Å². The van der Waals surface area contributed by atoms with Gasteiger partial charge in [0.15, 0.2) is 5.70 Å². The summed E-state index contributed by atoms with van der Waals surface area (Å²) in [6.45, 7) is 2.56. The van der Waals surface area contributed by atoms with Gasteiger partial charge in [-0.2, -0.15) is 0 Å². The zero-order chi connectivity index (χ0) is 22.8. The number of aliphatic imine (C=N–C) groups is 1. The number of cyclic esters (lactones) is 1.